The second-order valence-electron chi connectivity index (χ2n) is 6.17. The van der Waals surface area contributed by atoms with E-state index in [1.165, 1.54) is 10.6 Å². The van der Waals surface area contributed by atoms with Crippen LogP contribution in [-0.2, 0) is 4.74 Å². The van der Waals surface area contributed by atoms with Crippen LogP contribution in [0.1, 0.15) is 36.0 Å². The number of hydrogen-bond acceptors (Lipinski definition) is 4. The molecule has 0 bridgehead atoms. The number of amides is 1. The Bertz CT molecular complexity index is 799. The summed E-state index contributed by atoms with van der Waals surface area (Å²) < 4.78 is 7.23. The van der Waals surface area contributed by atoms with Crippen LogP contribution in [0.2, 0.25) is 0 Å². The Kier molecular flexibility index (Phi) is 3.61. The molecule has 2 atom stereocenters. The number of pyridine rings is 1. The maximum absolute atomic E-state index is 12.9. The molecule has 120 valence electrons. The number of fused-ring (bicyclic) bond motifs is 2. The van der Waals surface area contributed by atoms with Crippen LogP contribution in [0.25, 0.3) is 5.65 Å². The van der Waals surface area contributed by atoms with Gasteiger partial charge < -0.3 is 9.64 Å². The maximum Gasteiger partial charge on any atom is 0.270 e. The van der Waals surface area contributed by atoms with Crippen molar-refractivity contribution in [1.29, 1.82) is 0 Å². The second kappa shape index (κ2) is 5.77. The van der Waals surface area contributed by atoms with Gasteiger partial charge in [-0.15, -0.1) is 0 Å². The topological polar surface area (TPSA) is 63.9 Å². The zero-order chi connectivity index (χ0) is 15.8. The zero-order valence-corrected chi connectivity index (χ0v) is 12.9. The van der Waals surface area contributed by atoms with Crippen LogP contribution >= 0.6 is 0 Å². The number of carbonyl (C=O) groups is 1. The van der Waals surface area contributed by atoms with E-state index in [1.807, 2.05) is 11.0 Å². The highest BCUT2D eigenvalue weighted by atomic mass is 16.5. The lowest BCUT2D eigenvalue weighted by Crippen LogP contribution is -2.55. The summed E-state index contributed by atoms with van der Waals surface area (Å²) in [5.41, 5.74) is 0.381. The van der Waals surface area contributed by atoms with Crippen LogP contribution in [0.15, 0.2) is 35.4 Å². The van der Waals surface area contributed by atoms with Gasteiger partial charge in [-0.3, -0.25) is 14.0 Å². The summed E-state index contributed by atoms with van der Waals surface area (Å²) in [4.78, 5) is 31.6. The van der Waals surface area contributed by atoms with E-state index < -0.39 is 0 Å². The van der Waals surface area contributed by atoms with Crippen LogP contribution in [0, 0.1) is 0 Å². The summed E-state index contributed by atoms with van der Waals surface area (Å²) >= 11 is 0. The molecule has 1 amide bonds. The highest BCUT2D eigenvalue weighted by Crippen LogP contribution is 2.29. The molecule has 1 aliphatic heterocycles. The molecule has 2 aromatic rings. The third-order valence-electron chi connectivity index (χ3n) is 4.84. The molecule has 2 aromatic heterocycles. The maximum atomic E-state index is 12.9. The van der Waals surface area contributed by atoms with Gasteiger partial charge in [0.25, 0.3) is 11.5 Å². The molecule has 3 heterocycles. The van der Waals surface area contributed by atoms with Gasteiger partial charge in [-0.1, -0.05) is 18.9 Å². The second-order valence-corrected chi connectivity index (χ2v) is 6.17. The highest BCUT2D eigenvalue weighted by Gasteiger charge is 2.37. The first kappa shape index (κ1) is 14.4. The molecule has 2 fully saturated rings. The molecule has 0 radical (unpaired) electrons. The number of hydrogen-bond donors (Lipinski definition) is 0. The van der Waals surface area contributed by atoms with Crippen LogP contribution in [-0.4, -0.2) is 45.5 Å². The SMILES string of the molecule is O=C(c1cnc2ccccn2c1=O)N1CCO[C@H]2CCCC[C@H]21. The summed E-state index contributed by atoms with van der Waals surface area (Å²) in [7, 11) is 0. The van der Waals surface area contributed by atoms with Crippen molar-refractivity contribution >= 4 is 11.6 Å². The highest BCUT2D eigenvalue weighted by molar-refractivity contribution is 5.94. The average Bonchev–Trinajstić information content (AvgIpc) is 2.61. The van der Waals surface area contributed by atoms with Crippen molar-refractivity contribution in [1.82, 2.24) is 14.3 Å². The van der Waals surface area contributed by atoms with Crippen molar-refractivity contribution in [3.8, 4) is 0 Å². The molecule has 0 unspecified atom stereocenters. The lowest BCUT2D eigenvalue weighted by Gasteiger charge is -2.43. The number of aromatic nitrogens is 2. The molecule has 0 N–H and O–H groups in total. The summed E-state index contributed by atoms with van der Waals surface area (Å²) in [5, 5.41) is 0. The van der Waals surface area contributed by atoms with Gasteiger partial charge in [0.05, 0.1) is 18.8 Å². The smallest absolute Gasteiger partial charge is 0.270 e. The van der Waals surface area contributed by atoms with Crippen molar-refractivity contribution in [2.45, 2.75) is 37.8 Å². The van der Waals surface area contributed by atoms with E-state index in [-0.39, 0.29) is 29.2 Å². The fourth-order valence-corrected chi connectivity index (χ4v) is 3.68. The van der Waals surface area contributed by atoms with Crippen LogP contribution in [0.3, 0.4) is 0 Å². The third-order valence-corrected chi connectivity index (χ3v) is 4.84. The molecule has 6 nitrogen and oxygen atoms in total. The van der Waals surface area contributed by atoms with Gasteiger partial charge in [-0.25, -0.2) is 4.98 Å². The molecule has 23 heavy (non-hydrogen) atoms. The summed E-state index contributed by atoms with van der Waals surface area (Å²) in [6.07, 6.45) is 7.34. The van der Waals surface area contributed by atoms with E-state index in [0.717, 1.165) is 25.7 Å². The first-order valence-electron chi connectivity index (χ1n) is 8.15. The number of carbonyl (C=O) groups excluding carboxylic acids is 1. The van der Waals surface area contributed by atoms with E-state index in [4.69, 9.17) is 4.74 Å². The number of rotatable bonds is 1. The summed E-state index contributed by atoms with van der Waals surface area (Å²) in [6.45, 7) is 1.08. The molecule has 1 aliphatic carbocycles. The molecular formula is C17H19N3O3. The van der Waals surface area contributed by atoms with Crippen LogP contribution in [0.5, 0.6) is 0 Å². The first-order chi connectivity index (χ1) is 11.3. The Morgan fingerprint density at radius 2 is 2.13 bits per heavy atom. The minimum atomic E-state index is -0.306. The van der Waals surface area contributed by atoms with Crippen molar-refractivity contribution in [3.05, 3.63) is 46.5 Å². The molecule has 1 saturated carbocycles. The molecule has 0 spiro atoms. The largest absolute Gasteiger partial charge is 0.374 e. The Labute approximate surface area is 133 Å². The van der Waals surface area contributed by atoms with E-state index >= 15 is 0 Å². The van der Waals surface area contributed by atoms with Crippen LogP contribution in [0.4, 0.5) is 0 Å². The fraction of sp³-hybridized carbons (Fsp3) is 0.471. The van der Waals surface area contributed by atoms with E-state index in [9.17, 15) is 9.59 Å². The molecular weight excluding hydrogens is 294 g/mol. The Morgan fingerprint density at radius 3 is 3.04 bits per heavy atom. The number of ether oxygens (including phenoxy) is 1. The predicted molar refractivity (Wildman–Crippen MR) is 84.5 cm³/mol. The lowest BCUT2D eigenvalue weighted by atomic mass is 9.90. The molecule has 2 aliphatic rings. The van der Waals surface area contributed by atoms with Gasteiger partial charge in [0.1, 0.15) is 11.2 Å². The normalized spacial score (nSPS) is 24.4. The lowest BCUT2D eigenvalue weighted by molar-refractivity contribution is -0.0753. The van der Waals surface area contributed by atoms with Crippen molar-refractivity contribution in [3.63, 3.8) is 0 Å². The molecule has 6 heteroatoms. The van der Waals surface area contributed by atoms with E-state index in [0.29, 0.717) is 18.8 Å². The first-order valence-corrected chi connectivity index (χ1v) is 8.15. The number of morpholine rings is 1. The molecule has 1 saturated heterocycles. The Balaban J connectivity index is 1.71. The quantitative estimate of drug-likeness (QED) is 0.800. The summed E-state index contributed by atoms with van der Waals surface area (Å²) in [6, 6.07) is 5.41. The van der Waals surface area contributed by atoms with Crippen LogP contribution < -0.4 is 5.56 Å². The van der Waals surface area contributed by atoms with Gasteiger partial charge in [-0.2, -0.15) is 0 Å². The minimum absolute atomic E-state index is 0.0841. The summed E-state index contributed by atoms with van der Waals surface area (Å²) in [5.74, 6) is -0.221. The van der Waals surface area contributed by atoms with E-state index in [1.54, 1.807) is 18.3 Å². The van der Waals surface area contributed by atoms with Crippen molar-refractivity contribution in [2.75, 3.05) is 13.2 Å². The predicted octanol–water partition coefficient (Wildman–Crippen LogP) is 1.48. The zero-order valence-electron chi connectivity index (χ0n) is 12.9. The Morgan fingerprint density at radius 1 is 1.26 bits per heavy atom. The van der Waals surface area contributed by atoms with Gasteiger partial charge in [0, 0.05) is 18.9 Å². The van der Waals surface area contributed by atoms with Gasteiger partial charge in [-0.05, 0) is 25.0 Å². The van der Waals surface area contributed by atoms with Crippen molar-refractivity contribution in [2.24, 2.45) is 0 Å². The third kappa shape index (κ3) is 2.43. The number of nitrogens with zero attached hydrogens (tertiary/aromatic N) is 3. The standard InChI is InChI=1S/C17H19N3O3/c21-16(19-9-10-23-14-6-2-1-5-13(14)19)12-11-18-15-7-3-4-8-20(15)17(12)22/h3-4,7-8,11,13-14H,1-2,5-6,9-10H2/t13-,14+/m1/s1. The van der Waals surface area contributed by atoms with Gasteiger partial charge >= 0.3 is 0 Å². The van der Waals surface area contributed by atoms with Gasteiger partial charge in [0.15, 0.2) is 0 Å². The fourth-order valence-electron chi connectivity index (χ4n) is 3.68. The Hall–Kier alpha value is -2.21. The molecule has 0 aromatic carbocycles. The minimum Gasteiger partial charge on any atom is -0.374 e. The monoisotopic (exact) mass is 313 g/mol. The average molecular weight is 313 g/mol. The van der Waals surface area contributed by atoms with Gasteiger partial charge in [0.2, 0.25) is 0 Å². The van der Waals surface area contributed by atoms with Crippen molar-refractivity contribution < 1.29 is 9.53 Å². The van der Waals surface area contributed by atoms with E-state index in [2.05, 4.69) is 4.98 Å². The molecule has 4 rings (SSSR count).